The molecule has 0 fully saturated rings. The van der Waals surface area contributed by atoms with E-state index in [2.05, 4.69) is 37.9 Å². The second-order valence-corrected chi connectivity index (χ2v) is 4.31. The van der Waals surface area contributed by atoms with Crippen LogP contribution in [0.1, 0.15) is 30.8 Å². The average Bonchev–Trinajstić information content (AvgIpc) is 2.11. The largest absolute Gasteiger partial charge is 0.144 e. The fourth-order valence-electron chi connectivity index (χ4n) is 0.557. The monoisotopic (exact) mass is 155 g/mol. The minimum atomic E-state index is 0.119. The molecule has 0 spiro atoms. The third-order valence-corrected chi connectivity index (χ3v) is 2.31. The van der Waals surface area contributed by atoms with E-state index in [1.807, 2.05) is 0 Å². The molecule has 55 valence electrons. The number of hydrogen-bond donors (Lipinski definition) is 0. The highest BCUT2D eigenvalue weighted by Gasteiger charge is 2.17. The summed E-state index contributed by atoms with van der Waals surface area (Å²) in [6.07, 6.45) is 0. The highest BCUT2D eigenvalue weighted by atomic mass is 32.1. The minimum absolute atomic E-state index is 0.119. The molecule has 0 saturated carbocycles. The van der Waals surface area contributed by atoms with Crippen LogP contribution in [0, 0.1) is 6.92 Å². The van der Waals surface area contributed by atoms with Crippen LogP contribution >= 0.6 is 11.3 Å². The Morgan fingerprint density at radius 3 is 2.10 bits per heavy atom. The van der Waals surface area contributed by atoms with Crippen LogP contribution in [0.15, 0.2) is 0 Å². The Bertz CT molecular complexity index is 222. The van der Waals surface area contributed by atoms with E-state index in [1.165, 1.54) is 0 Å². The van der Waals surface area contributed by atoms with Gasteiger partial charge in [0.15, 0.2) is 0 Å². The first-order valence-corrected chi connectivity index (χ1v) is 3.98. The highest BCUT2D eigenvalue weighted by Crippen LogP contribution is 2.24. The van der Waals surface area contributed by atoms with Gasteiger partial charge in [0.1, 0.15) is 10.0 Å². The Balaban J connectivity index is 2.96. The molecule has 1 radical (unpaired) electrons. The van der Waals surface area contributed by atoms with Gasteiger partial charge in [-0.1, -0.05) is 20.8 Å². The van der Waals surface area contributed by atoms with Crippen molar-refractivity contribution in [2.75, 3.05) is 0 Å². The molecular formula is C7H11N2S. The van der Waals surface area contributed by atoms with Gasteiger partial charge in [-0.3, -0.25) is 0 Å². The van der Waals surface area contributed by atoms with Crippen molar-refractivity contribution in [2.45, 2.75) is 26.2 Å². The molecule has 0 aromatic carbocycles. The van der Waals surface area contributed by atoms with Crippen molar-refractivity contribution in [3.05, 3.63) is 16.9 Å². The Morgan fingerprint density at radius 2 is 1.90 bits per heavy atom. The van der Waals surface area contributed by atoms with Gasteiger partial charge in [-0.25, -0.2) is 0 Å². The zero-order valence-electron chi connectivity index (χ0n) is 6.51. The lowest BCUT2D eigenvalue weighted by Gasteiger charge is -2.12. The third kappa shape index (κ3) is 1.53. The van der Waals surface area contributed by atoms with Crippen LogP contribution in [0.4, 0.5) is 0 Å². The predicted molar refractivity (Wildman–Crippen MR) is 43.1 cm³/mol. The number of nitrogens with zero attached hydrogens (tertiary/aromatic N) is 2. The molecular weight excluding hydrogens is 144 g/mol. The fraction of sp³-hybridized carbons (Fsp3) is 0.571. The molecule has 0 amide bonds. The molecule has 0 saturated heterocycles. The van der Waals surface area contributed by atoms with Gasteiger partial charge in [0, 0.05) is 12.3 Å². The molecule has 0 aliphatic heterocycles. The van der Waals surface area contributed by atoms with Gasteiger partial charge in [-0.2, -0.15) is 0 Å². The Kier molecular flexibility index (Phi) is 1.77. The fourth-order valence-corrected chi connectivity index (χ4v) is 1.25. The van der Waals surface area contributed by atoms with Crippen molar-refractivity contribution in [3.63, 3.8) is 0 Å². The van der Waals surface area contributed by atoms with Gasteiger partial charge in [0.25, 0.3) is 0 Å². The molecule has 0 aliphatic carbocycles. The van der Waals surface area contributed by atoms with Crippen LogP contribution in [0.2, 0.25) is 0 Å². The van der Waals surface area contributed by atoms with Gasteiger partial charge in [-0.15, -0.1) is 21.5 Å². The zero-order valence-corrected chi connectivity index (χ0v) is 7.33. The molecule has 0 atom stereocenters. The van der Waals surface area contributed by atoms with Crippen molar-refractivity contribution in [2.24, 2.45) is 0 Å². The lowest BCUT2D eigenvalue weighted by molar-refractivity contribution is 0.578. The lowest BCUT2D eigenvalue weighted by Crippen LogP contribution is -2.10. The Hall–Kier alpha value is -0.440. The molecule has 0 aliphatic rings. The van der Waals surface area contributed by atoms with Crippen molar-refractivity contribution in [1.82, 2.24) is 10.2 Å². The number of aromatic nitrogens is 2. The average molecular weight is 155 g/mol. The van der Waals surface area contributed by atoms with Crippen LogP contribution < -0.4 is 0 Å². The van der Waals surface area contributed by atoms with E-state index in [1.54, 1.807) is 11.3 Å². The molecule has 0 N–H and O–H groups in total. The third-order valence-electron chi connectivity index (χ3n) is 1.11. The SMILES string of the molecule is [CH2]c1nnc(C(C)(C)C)s1. The summed E-state index contributed by atoms with van der Waals surface area (Å²) in [5.74, 6) is 0. The van der Waals surface area contributed by atoms with Crippen LogP contribution in [-0.2, 0) is 5.41 Å². The second-order valence-electron chi connectivity index (χ2n) is 3.25. The molecule has 1 aromatic heterocycles. The van der Waals surface area contributed by atoms with E-state index < -0.39 is 0 Å². The normalized spacial score (nSPS) is 12.0. The summed E-state index contributed by atoms with van der Waals surface area (Å²) in [4.78, 5) is 0. The molecule has 0 bridgehead atoms. The van der Waals surface area contributed by atoms with E-state index in [-0.39, 0.29) is 5.41 Å². The lowest BCUT2D eigenvalue weighted by atomic mass is 9.98. The van der Waals surface area contributed by atoms with Crippen LogP contribution in [0.25, 0.3) is 0 Å². The Morgan fingerprint density at radius 1 is 1.30 bits per heavy atom. The summed E-state index contributed by atoms with van der Waals surface area (Å²) >= 11 is 1.56. The minimum Gasteiger partial charge on any atom is -0.144 e. The maximum atomic E-state index is 3.99. The topological polar surface area (TPSA) is 25.8 Å². The van der Waals surface area contributed by atoms with Gasteiger partial charge >= 0.3 is 0 Å². The van der Waals surface area contributed by atoms with Crippen LogP contribution in [-0.4, -0.2) is 10.2 Å². The van der Waals surface area contributed by atoms with Crippen LogP contribution in [0.3, 0.4) is 0 Å². The van der Waals surface area contributed by atoms with E-state index in [9.17, 15) is 0 Å². The predicted octanol–water partition coefficient (Wildman–Crippen LogP) is 2.02. The number of rotatable bonds is 0. The highest BCUT2D eigenvalue weighted by molar-refractivity contribution is 7.11. The first-order chi connectivity index (χ1) is 4.50. The summed E-state index contributed by atoms with van der Waals surface area (Å²) < 4.78 is 0. The standard InChI is InChI=1S/C7H11N2S/c1-5-8-9-6(10-5)7(2,3)4/h1H2,2-4H3. The summed E-state index contributed by atoms with van der Waals surface area (Å²) in [6, 6.07) is 0. The van der Waals surface area contributed by atoms with E-state index in [0.29, 0.717) is 0 Å². The molecule has 2 nitrogen and oxygen atoms in total. The van der Waals surface area contributed by atoms with Gasteiger partial charge in [-0.05, 0) is 0 Å². The molecule has 0 unspecified atom stereocenters. The maximum absolute atomic E-state index is 3.99. The van der Waals surface area contributed by atoms with E-state index in [4.69, 9.17) is 0 Å². The zero-order chi connectivity index (χ0) is 7.78. The van der Waals surface area contributed by atoms with Crippen molar-refractivity contribution in [1.29, 1.82) is 0 Å². The van der Waals surface area contributed by atoms with E-state index >= 15 is 0 Å². The van der Waals surface area contributed by atoms with Gasteiger partial charge in [0.2, 0.25) is 0 Å². The summed E-state index contributed by atoms with van der Waals surface area (Å²) in [5, 5.41) is 9.68. The summed E-state index contributed by atoms with van der Waals surface area (Å²) in [7, 11) is 0. The molecule has 1 heterocycles. The Labute approximate surface area is 65.3 Å². The summed E-state index contributed by atoms with van der Waals surface area (Å²) in [6.45, 7) is 10.1. The number of hydrogen-bond acceptors (Lipinski definition) is 3. The molecule has 3 heteroatoms. The van der Waals surface area contributed by atoms with Gasteiger partial charge in [0.05, 0.1) is 0 Å². The maximum Gasteiger partial charge on any atom is 0.122 e. The van der Waals surface area contributed by atoms with Crippen molar-refractivity contribution >= 4 is 11.3 Å². The molecule has 10 heavy (non-hydrogen) atoms. The van der Waals surface area contributed by atoms with Crippen molar-refractivity contribution < 1.29 is 0 Å². The van der Waals surface area contributed by atoms with E-state index in [0.717, 1.165) is 10.0 Å². The van der Waals surface area contributed by atoms with Crippen LogP contribution in [0.5, 0.6) is 0 Å². The first kappa shape index (κ1) is 7.66. The van der Waals surface area contributed by atoms with Gasteiger partial charge < -0.3 is 0 Å². The first-order valence-electron chi connectivity index (χ1n) is 3.16. The smallest absolute Gasteiger partial charge is 0.122 e. The summed E-state index contributed by atoms with van der Waals surface area (Å²) in [5.41, 5.74) is 0.119. The molecule has 1 aromatic rings. The quantitative estimate of drug-likeness (QED) is 0.573. The molecule has 1 rings (SSSR count). The second kappa shape index (κ2) is 2.31. The van der Waals surface area contributed by atoms with Crippen molar-refractivity contribution in [3.8, 4) is 0 Å².